The van der Waals surface area contributed by atoms with Gasteiger partial charge in [-0.2, -0.15) is 117 Å². The van der Waals surface area contributed by atoms with E-state index in [0.29, 0.717) is 0 Å². The first-order chi connectivity index (χ1) is 20.9. The summed E-state index contributed by atoms with van der Waals surface area (Å²) >= 11 is 0. The van der Waals surface area contributed by atoms with E-state index in [-0.39, 0.29) is 0 Å². The number of hydrogen-bond donors (Lipinski definition) is 0. The summed E-state index contributed by atoms with van der Waals surface area (Å²) in [5.74, 6) is -52.6. The molecular formula is C16H13F21O9S3. The molecule has 0 rings (SSSR count). The van der Waals surface area contributed by atoms with Crippen LogP contribution < -0.4 is 0 Å². The van der Waals surface area contributed by atoms with Crippen molar-refractivity contribution in [2.45, 2.75) is 66.6 Å². The maximum atomic E-state index is 13.5. The molecule has 0 aliphatic rings. The molecule has 0 radical (unpaired) electrons. The van der Waals surface area contributed by atoms with Crippen LogP contribution in [0, 0.1) is 0 Å². The normalized spacial score (nSPS) is 16.6. The Labute approximate surface area is 258 Å². The quantitative estimate of drug-likeness (QED) is 0.134. The predicted molar refractivity (Wildman–Crippen MR) is 111 cm³/mol. The van der Waals surface area contributed by atoms with E-state index in [1.165, 1.54) is 0 Å². The molecule has 0 aliphatic carbocycles. The third-order valence-corrected chi connectivity index (χ3v) is 8.67. The van der Waals surface area contributed by atoms with E-state index in [0.717, 1.165) is 0 Å². The zero-order valence-corrected chi connectivity index (χ0v) is 24.6. The molecule has 0 aromatic carbocycles. The van der Waals surface area contributed by atoms with Gasteiger partial charge >= 0.3 is 54.1 Å². The summed E-state index contributed by atoms with van der Waals surface area (Å²) in [4.78, 5) is 0. The summed E-state index contributed by atoms with van der Waals surface area (Å²) in [6, 6.07) is 0. The maximum Gasteiger partial charge on any atom is 0.459 e. The van der Waals surface area contributed by atoms with Gasteiger partial charge in [0.05, 0.1) is 13.2 Å². The molecule has 1 atom stereocenters. The topological polar surface area (TPSA) is 130 Å². The van der Waals surface area contributed by atoms with Crippen LogP contribution in [0.5, 0.6) is 0 Å². The lowest BCUT2D eigenvalue weighted by Crippen LogP contribution is -2.55. The molecule has 0 heterocycles. The molecule has 0 amide bonds. The molecule has 0 fully saturated rings. The van der Waals surface area contributed by atoms with Crippen molar-refractivity contribution >= 4 is 30.4 Å². The highest BCUT2D eigenvalue weighted by Gasteiger charge is 2.76. The van der Waals surface area contributed by atoms with E-state index in [9.17, 15) is 117 Å². The molecule has 1 unspecified atom stereocenters. The van der Waals surface area contributed by atoms with E-state index >= 15 is 0 Å². The average molecular weight is 844 g/mol. The molecule has 9 nitrogen and oxygen atoms in total. The highest BCUT2D eigenvalue weighted by atomic mass is 32.2. The average Bonchev–Trinajstić information content (AvgIpc) is 2.77. The Morgan fingerprint density at radius 2 is 0.673 bits per heavy atom. The minimum Gasteiger partial charge on any atom is -0.270 e. The molecule has 0 aromatic rings. The van der Waals surface area contributed by atoms with Crippen molar-refractivity contribution in [3.63, 3.8) is 0 Å². The van der Waals surface area contributed by atoms with Gasteiger partial charge in [-0.1, -0.05) is 0 Å². The summed E-state index contributed by atoms with van der Waals surface area (Å²) in [6.07, 6.45) is -26.9. The molecule has 0 saturated heterocycles. The van der Waals surface area contributed by atoms with Gasteiger partial charge in [0.1, 0.15) is 23.4 Å². The zero-order chi connectivity index (χ0) is 39.9. The number of rotatable bonds is 18. The number of hydrogen-bond acceptors (Lipinski definition) is 9. The summed E-state index contributed by atoms with van der Waals surface area (Å²) in [7, 11) is -19.7. The van der Waals surface area contributed by atoms with Crippen molar-refractivity contribution in [3.05, 3.63) is 0 Å². The van der Waals surface area contributed by atoms with Gasteiger partial charge in [0.25, 0.3) is 30.4 Å². The van der Waals surface area contributed by atoms with Crippen LogP contribution in [0.2, 0.25) is 0 Å². The lowest BCUT2D eigenvalue weighted by molar-refractivity contribution is -0.349. The Hall–Kier alpha value is -1.74. The van der Waals surface area contributed by atoms with E-state index in [1.54, 1.807) is 0 Å². The fourth-order valence-electron chi connectivity index (χ4n) is 2.53. The smallest absolute Gasteiger partial charge is 0.270 e. The highest BCUT2D eigenvalue weighted by molar-refractivity contribution is 7.87. The van der Waals surface area contributed by atoms with Crippen LogP contribution in [0.1, 0.15) is 6.42 Å². The van der Waals surface area contributed by atoms with Crippen molar-refractivity contribution in [2.75, 3.05) is 30.5 Å². The molecule has 33 heteroatoms. The first-order valence-electron chi connectivity index (χ1n) is 11.0. The number of alkyl halides is 21. The Kier molecular flexibility index (Phi) is 13.5. The number of halogens is 21. The van der Waals surface area contributed by atoms with Gasteiger partial charge in [-0.05, 0) is 0 Å². The van der Waals surface area contributed by atoms with Crippen LogP contribution in [-0.2, 0) is 42.9 Å². The lowest BCUT2D eigenvalue weighted by Gasteiger charge is -2.29. The maximum absolute atomic E-state index is 13.5. The van der Waals surface area contributed by atoms with Crippen LogP contribution in [0.25, 0.3) is 0 Å². The molecule has 296 valence electrons. The van der Waals surface area contributed by atoms with Crippen molar-refractivity contribution in [1.82, 2.24) is 0 Å². The summed E-state index contributed by atoms with van der Waals surface area (Å²) in [6.45, 7) is -4.74. The third kappa shape index (κ3) is 11.6. The zero-order valence-electron chi connectivity index (χ0n) is 22.2. The van der Waals surface area contributed by atoms with Crippen molar-refractivity contribution < 1.29 is 130 Å². The lowest BCUT2D eigenvalue weighted by atomic mass is 10.2. The second kappa shape index (κ2) is 14.0. The highest BCUT2D eigenvalue weighted by Crippen LogP contribution is 2.49. The van der Waals surface area contributed by atoms with Crippen LogP contribution in [0.3, 0.4) is 0 Å². The molecule has 0 saturated carbocycles. The van der Waals surface area contributed by atoms with Gasteiger partial charge in [0, 0.05) is 6.42 Å². The van der Waals surface area contributed by atoms with E-state index in [4.69, 9.17) is 0 Å². The summed E-state index contributed by atoms with van der Waals surface area (Å²) in [5.41, 5.74) is 0. The molecule has 0 aliphatic heterocycles. The van der Waals surface area contributed by atoms with Gasteiger partial charge < -0.3 is 0 Å². The molecule has 0 aromatic heterocycles. The molecule has 49 heavy (non-hydrogen) atoms. The Bertz CT molecular complexity index is 1460. The minimum absolute atomic E-state index is 2.05. The first-order valence-corrected chi connectivity index (χ1v) is 15.8. The Morgan fingerprint density at radius 1 is 0.408 bits per heavy atom. The van der Waals surface area contributed by atoms with Crippen LogP contribution in [0.15, 0.2) is 0 Å². The molecule has 0 spiro atoms. The molecule has 0 N–H and O–H groups in total. The van der Waals surface area contributed by atoms with Crippen molar-refractivity contribution in [3.8, 4) is 0 Å². The standard InChI is InChI=1S/C16H13F21O9S3/c17-8(18,11(23,24)14(29,30)31)4-47(38,39)44-2-1-7(46-49(42,43)6-10(21,22)13(27,28)16(35,36)37)3-45-48(40,41)5-9(19,20)12(25,26)15(32,33)34/h7H,1-6H2. The fourth-order valence-corrected chi connectivity index (χ4v) is 5.92. The van der Waals surface area contributed by atoms with E-state index in [1.807, 2.05) is 0 Å². The predicted octanol–water partition coefficient (Wildman–Crippen LogP) is 5.28. The largest absolute Gasteiger partial charge is 0.459 e. The fraction of sp³-hybridized carbons (Fsp3) is 1.00. The Balaban J connectivity index is 6.32. The first kappa shape index (κ1) is 47.3. The van der Waals surface area contributed by atoms with Gasteiger partial charge in [0.15, 0.2) is 0 Å². The van der Waals surface area contributed by atoms with Gasteiger partial charge in [0.2, 0.25) is 0 Å². The summed E-state index contributed by atoms with van der Waals surface area (Å²) < 4.78 is 349. The van der Waals surface area contributed by atoms with Gasteiger partial charge in [-0.25, -0.2) is 0 Å². The van der Waals surface area contributed by atoms with Gasteiger partial charge in [-0.3, -0.25) is 12.5 Å². The SMILES string of the molecule is O=S(=O)(CC(F)(F)C(F)(F)C(F)(F)F)OCCC(COS(=O)(=O)CC(F)(F)C(F)(F)C(F)(F)F)OS(=O)(=O)CC(F)(F)C(F)(F)C(F)(F)F. The van der Waals surface area contributed by atoms with E-state index in [2.05, 4.69) is 12.5 Å². The molecular weight excluding hydrogens is 831 g/mol. The van der Waals surface area contributed by atoms with Crippen LogP contribution in [0.4, 0.5) is 92.2 Å². The Morgan fingerprint density at radius 3 is 0.959 bits per heavy atom. The second-order valence-corrected chi connectivity index (χ2v) is 13.9. The van der Waals surface area contributed by atoms with Gasteiger partial charge in [-0.15, -0.1) is 0 Å². The van der Waals surface area contributed by atoms with E-state index < -0.39 is 127 Å². The van der Waals surface area contributed by atoms with Crippen molar-refractivity contribution in [2.24, 2.45) is 0 Å². The van der Waals surface area contributed by atoms with Crippen molar-refractivity contribution in [1.29, 1.82) is 0 Å². The second-order valence-electron chi connectivity index (χ2n) is 9.05. The van der Waals surface area contributed by atoms with Crippen LogP contribution >= 0.6 is 0 Å². The summed E-state index contributed by atoms with van der Waals surface area (Å²) in [5, 5.41) is 0. The molecule has 0 bridgehead atoms. The third-order valence-electron chi connectivity index (χ3n) is 4.94. The monoisotopic (exact) mass is 844 g/mol. The minimum atomic E-state index is -7.23. The van der Waals surface area contributed by atoms with Crippen LogP contribution in [-0.4, -0.2) is 116 Å².